The molecule has 0 radical (unpaired) electrons. The molecule has 1 heterocycles. The van der Waals surface area contributed by atoms with E-state index in [1.54, 1.807) is 0 Å². The highest BCUT2D eigenvalue weighted by Crippen LogP contribution is 2.17. The average Bonchev–Trinajstić information content (AvgIpc) is 2.87. The molecule has 6 nitrogen and oxygen atoms in total. The van der Waals surface area contributed by atoms with E-state index in [0.717, 1.165) is 11.1 Å². The van der Waals surface area contributed by atoms with Crippen molar-refractivity contribution in [1.29, 1.82) is 0 Å². The van der Waals surface area contributed by atoms with Crippen molar-refractivity contribution in [2.45, 2.75) is 26.3 Å². The highest BCUT2D eigenvalue weighted by Gasteiger charge is 2.08. The molecule has 6 heteroatoms. The van der Waals surface area contributed by atoms with Crippen LogP contribution in [0.25, 0.3) is 11.5 Å². The predicted octanol–water partition coefficient (Wildman–Crippen LogP) is 2.00. The number of aliphatic carboxylic acids is 1. The number of benzene rings is 1. The lowest BCUT2D eigenvalue weighted by Gasteiger charge is -1.98. The summed E-state index contributed by atoms with van der Waals surface area (Å²) in [6.45, 7) is 3.08. The van der Waals surface area contributed by atoms with E-state index in [2.05, 4.69) is 15.5 Å². The van der Waals surface area contributed by atoms with Crippen LogP contribution in [0, 0.1) is 6.92 Å². The summed E-state index contributed by atoms with van der Waals surface area (Å²) < 4.78 is 5.21. The second kappa shape index (κ2) is 6.81. The Bertz CT molecular complexity index is 581. The summed E-state index contributed by atoms with van der Waals surface area (Å²) >= 11 is 0. The standard InChI is InChI=1S/C14H17N3O3/c1-10-4-2-5-11(8-10)14-16-12(17-20-14)9-15-7-3-6-13(18)19/h2,4-5,8,15H,3,6-7,9H2,1H3,(H,18,19). The van der Waals surface area contributed by atoms with Gasteiger partial charge in [0, 0.05) is 12.0 Å². The van der Waals surface area contributed by atoms with Gasteiger partial charge in [-0.3, -0.25) is 4.79 Å². The third-order valence-electron chi connectivity index (χ3n) is 2.76. The van der Waals surface area contributed by atoms with Crippen LogP contribution in [-0.2, 0) is 11.3 Å². The molecule has 20 heavy (non-hydrogen) atoms. The number of carboxylic acids is 1. The lowest BCUT2D eigenvalue weighted by Crippen LogP contribution is -2.16. The molecule has 0 aliphatic carbocycles. The van der Waals surface area contributed by atoms with Gasteiger partial charge in [-0.25, -0.2) is 0 Å². The van der Waals surface area contributed by atoms with Gasteiger partial charge in [0.15, 0.2) is 5.82 Å². The number of nitrogens with one attached hydrogen (secondary N) is 1. The van der Waals surface area contributed by atoms with Crippen LogP contribution in [-0.4, -0.2) is 27.8 Å². The van der Waals surface area contributed by atoms with Crippen molar-refractivity contribution in [2.75, 3.05) is 6.54 Å². The van der Waals surface area contributed by atoms with Crippen molar-refractivity contribution >= 4 is 5.97 Å². The second-order valence-corrected chi connectivity index (χ2v) is 4.56. The van der Waals surface area contributed by atoms with E-state index in [1.807, 2.05) is 31.2 Å². The molecule has 0 spiro atoms. The van der Waals surface area contributed by atoms with E-state index in [0.29, 0.717) is 31.2 Å². The average molecular weight is 275 g/mol. The molecule has 0 atom stereocenters. The maximum absolute atomic E-state index is 10.4. The largest absolute Gasteiger partial charge is 0.481 e. The quantitative estimate of drug-likeness (QED) is 0.751. The molecule has 1 aromatic heterocycles. The molecule has 106 valence electrons. The molecule has 0 aliphatic rings. The van der Waals surface area contributed by atoms with Gasteiger partial charge in [0.25, 0.3) is 5.89 Å². The number of carbonyl (C=O) groups is 1. The maximum Gasteiger partial charge on any atom is 0.303 e. The first-order valence-electron chi connectivity index (χ1n) is 6.47. The van der Waals surface area contributed by atoms with E-state index in [4.69, 9.17) is 9.63 Å². The summed E-state index contributed by atoms with van der Waals surface area (Å²) in [5.74, 6) is 0.279. The molecular weight excluding hydrogens is 258 g/mol. The minimum atomic E-state index is -0.784. The Morgan fingerprint density at radius 2 is 2.30 bits per heavy atom. The first-order valence-corrected chi connectivity index (χ1v) is 6.47. The summed E-state index contributed by atoms with van der Waals surface area (Å²) in [5, 5.41) is 15.5. The van der Waals surface area contributed by atoms with E-state index < -0.39 is 5.97 Å². The van der Waals surface area contributed by atoms with Crippen LogP contribution in [0.2, 0.25) is 0 Å². The van der Waals surface area contributed by atoms with Crippen LogP contribution in [0.5, 0.6) is 0 Å². The predicted molar refractivity (Wildman–Crippen MR) is 73.0 cm³/mol. The van der Waals surface area contributed by atoms with Crippen LogP contribution in [0.4, 0.5) is 0 Å². The zero-order chi connectivity index (χ0) is 14.4. The number of hydrogen-bond acceptors (Lipinski definition) is 5. The first kappa shape index (κ1) is 14.2. The Morgan fingerprint density at radius 3 is 3.05 bits per heavy atom. The number of aromatic nitrogens is 2. The molecule has 2 N–H and O–H groups in total. The van der Waals surface area contributed by atoms with E-state index >= 15 is 0 Å². The van der Waals surface area contributed by atoms with Gasteiger partial charge < -0.3 is 14.9 Å². The highest BCUT2D eigenvalue weighted by molar-refractivity contribution is 5.66. The Balaban J connectivity index is 1.85. The Labute approximate surface area is 116 Å². The van der Waals surface area contributed by atoms with Crippen LogP contribution in [0.1, 0.15) is 24.2 Å². The molecule has 0 aliphatic heterocycles. The number of rotatable bonds is 7. The third kappa shape index (κ3) is 4.17. The molecule has 0 saturated heterocycles. The minimum absolute atomic E-state index is 0.161. The van der Waals surface area contributed by atoms with Gasteiger partial charge in [-0.05, 0) is 32.0 Å². The van der Waals surface area contributed by atoms with Gasteiger partial charge in [-0.15, -0.1) is 0 Å². The number of aryl methyl sites for hydroxylation is 1. The summed E-state index contributed by atoms with van der Waals surface area (Å²) in [6, 6.07) is 7.85. The summed E-state index contributed by atoms with van der Waals surface area (Å²) in [4.78, 5) is 14.7. The molecule has 0 unspecified atom stereocenters. The van der Waals surface area contributed by atoms with E-state index in [9.17, 15) is 4.79 Å². The van der Waals surface area contributed by atoms with E-state index in [1.165, 1.54) is 0 Å². The van der Waals surface area contributed by atoms with E-state index in [-0.39, 0.29) is 6.42 Å². The van der Waals surface area contributed by atoms with Crippen molar-refractivity contribution < 1.29 is 14.4 Å². The number of nitrogens with zero attached hydrogens (tertiary/aromatic N) is 2. The van der Waals surface area contributed by atoms with Crippen LogP contribution in [0.3, 0.4) is 0 Å². The highest BCUT2D eigenvalue weighted by atomic mass is 16.5. The zero-order valence-electron chi connectivity index (χ0n) is 11.3. The van der Waals surface area contributed by atoms with Gasteiger partial charge in [0.1, 0.15) is 0 Å². The fraction of sp³-hybridized carbons (Fsp3) is 0.357. The van der Waals surface area contributed by atoms with Crippen LogP contribution in [0.15, 0.2) is 28.8 Å². The fourth-order valence-electron chi connectivity index (χ4n) is 1.79. The Kier molecular flexibility index (Phi) is 4.84. The summed E-state index contributed by atoms with van der Waals surface area (Å²) in [5.41, 5.74) is 2.03. The summed E-state index contributed by atoms with van der Waals surface area (Å²) in [7, 11) is 0. The molecule has 2 rings (SSSR count). The second-order valence-electron chi connectivity index (χ2n) is 4.56. The molecule has 2 aromatic rings. The van der Waals surface area contributed by atoms with Crippen molar-refractivity contribution in [2.24, 2.45) is 0 Å². The lowest BCUT2D eigenvalue weighted by molar-refractivity contribution is -0.137. The molecule has 0 fully saturated rings. The lowest BCUT2D eigenvalue weighted by atomic mass is 10.1. The van der Waals surface area contributed by atoms with Crippen molar-refractivity contribution in [3.8, 4) is 11.5 Å². The topological polar surface area (TPSA) is 88.2 Å². The molecule has 0 amide bonds. The Hall–Kier alpha value is -2.21. The van der Waals surface area contributed by atoms with Gasteiger partial charge in [-0.1, -0.05) is 22.9 Å². The molecular formula is C14H17N3O3. The monoisotopic (exact) mass is 275 g/mol. The van der Waals surface area contributed by atoms with Crippen molar-refractivity contribution in [1.82, 2.24) is 15.5 Å². The van der Waals surface area contributed by atoms with Gasteiger partial charge in [0.2, 0.25) is 0 Å². The Morgan fingerprint density at radius 1 is 1.45 bits per heavy atom. The van der Waals surface area contributed by atoms with Gasteiger partial charge in [0.05, 0.1) is 6.54 Å². The normalized spacial score (nSPS) is 10.7. The minimum Gasteiger partial charge on any atom is -0.481 e. The zero-order valence-corrected chi connectivity index (χ0v) is 11.3. The van der Waals surface area contributed by atoms with Gasteiger partial charge in [-0.2, -0.15) is 4.98 Å². The summed E-state index contributed by atoms with van der Waals surface area (Å²) in [6.07, 6.45) is 0.742. The van der Waals surface area contributed by atoms with Crippen molar-refractivity contribution in [3.63, 3.8) is 0 Å². The number of hydrogen-bond donors (Lipinski definition) is 2. The molecule has 0 saturated carbocycles. The smallest absolute Gasteiger partial charge is 0.303 e. The SMILES string of the molecule is Cc1cccc(-c2nc(CNCCCC(=O)O)no2)c1. The van der Waals surface area contributed by atoms with Crippen molar-refractivity contribution in [3.05, 3.63) is 35.7 Å². The fourth-order valence-corrected chi connectivity index (χ4v) is 1.79. The molecule has 1 aromatic carbocycles. The van der Waals surface area contributed by atoms with Crippen LogP contribution >= 0.6 is 0 Å². The first-order chi connectivity index (χ1) is 9.65. The van der Waals surface area contributed by atoms with Gasteiger partial charge >= 0.3 is 5.97 Å². The molecule has 0 bridgehead atoms. The maximum atomic E-state index is 10.4. The number of carboxylic acid groups (broad SMARTS) is 1. The third-order valence-corrected chi connectivity index (χ3v) is 2.76. The van der Waals surface area contributed by atoms with Crippen LogP contribution < -0.4 is 5.32 Å².